The smallest absolute Gasteiger partial charge is 0.221 e. The number of amides is 1. The van der Waals surface area contributed by atoms with E-state index in [-0.39, 0.29) is 5.91 Å². The standard InChI is InChI=1S/C16H30N2O3/c1-3-21-14-12-13(16(14)7-4-5-8-16)17-9-6-15(19)18-10-11-20-2/h13-14,17H,3-12H2,1-2H3,(H,18,19). The summed E-state index contributed by atoms with van der Waals surface area (Å²) in [5.41, 5.74) is 0.350. The van der Waals surface area contributed by atoms with Gasteiger partial charge in [0.05, 0.1) is 12.7 Å². The maximum Gasteiger partial charge on any atom is 0.221 e. The molecule has 0 radical (unpaired) electrons. The van der Waals surface area contributed by atoms with Crippen LogP contribution in [0.2, 0.25) is 0 Å². The SMILES string of the molecule is CCOC1CC(NCCC(=O)NCCOC)C12CCCC2. The number of hydrogen-bond acceptors (Lipinski definition) is 4. The first-order valence-electron chi connectivity index (χ1n) is 8.33. The highest BCUT2D eigenvalue weighted by Crippen LogP contribution is 2.54. The first kappa shape index (κ1) is 16.7. The Morgan fingerprint density at radius 3 is 2.71 bits per heavy atom. The number of ether oxygens (including phenoxy) is 2. The zero-order valence-corrected chi connectivity index (χ0v) is 13.5. The summed E-state index contributed by atoms with van der Waals surface area (Å²) in [7, 11) is 1.64. The molecule has 0 aromatic carbocycles. The molecule has 2 saturated carbocycles. The molecular formula is C16H30N2O3. The molecule has 21 heavy (non-hydrogen) atoms. The van der Waals surface area contributed by atoms with Gasteiger partial charge in [-0.1, -0.05) is 12.8 Å². The Morgan fingerprint density at radius 1 is 1.29 bits per heavy atom. The minimum atomic E-state index is 0.0979. The van der Waals surface area contributed by atoms with Crippen molar-refractivity contribution < 1.29 is 14.3 Å². The van der Waals surface area contributed by atoms with Crippen molar-refractivity contribution in [3.63, 3.8) is 0 Å². The molecule has 2 fully saturated rings. The maximum absolute atomic E-state index is 11.7. The third-order valence-electron chi connectivity index (χ3n) is 5.06. The Bertz CT molecular complexity index is 329. The molecule has 0 aromatic rings. The van der Waals surface area contributed by atoms with Crippen LogP contribution >= 0.6 is 0 Å². The quantitative estimate of drug-likeness (QED) is 0.633. The van der Waals surface area contributed by atoms with E-state index < -0.39 is 0 Å². The molecule has 5 nitrogen and oxygen atoms in total. The molecule has 2 rings (SSSR count). The summed E-state index contributed by atoms with van der Waals surface area (Å²) in [6.07, 6.45) is 7.25. The van der Waals surface area contributed by atoms with Crippen molar-refractivity contribution in [1.29, 1.82) is 0 Å². The van der Waals surface area contributed by atoms with Crippen LogP contribution in [0.15, 0.2) is 0 Å². The van der Waals surface area contributed by atoms with Gasteiger partial charge in [0.1, 0.15) is 0 Å². The molecule has 2 atom stereocenters. The van der Waals surface area contributed by atoms with Gasteiger partial charge in [-0.15, -0.1) is 0 Å². The Labute approximate surface area is 128 Å². The van der Waals surface area contributed by atoms with Crippen molar-refractivity contribution in [2.45, 2.75) is 57.6 Å². The summed E-state index contributed by atoms with van der Waals surface area (Å²) in [5.74, 6) is 0.0979. The molecule has 2 unspecified atom stereocenters. The van der Waals surface area contributed by atoms with Crippen molar-refractivity contribution in [3.8, 4) is 0 Å². The van der Waals surface area contributed by atoms with Crippen molar-refractivity contribution in [1.82, 2.24) is 10.6 Å². The second-order valence-corrected chi connectivity index (χ2v) is 6.22. The summed E-state index contributed by atoms with van der Waals surface area (Å²) in [4.78, 5) is 11.7. The van der Waals surface area contributed by atoms with E-state index in [9.17, 15) is 4.79 Å². The van der Waals surface area contributed by atoms with Gasteiger partial charge in [0.25, 0.3) is 0 Å². The van der Waals surface area contributed by atoms with E-state index in [2.05, 4.69) is 17.6 Å². The zero-order valence-electron chi connectivity index (χ0n) is 13.5. The fraction of sp³-hybridized carbons (Fsp3) is 0.938. The van der Waals surface area contributed by atoms with Gasteiger partial charge in [-0.3, -0.25) is 4.79 Å². The summed E-state index contributed by atoms with van der Waals surface area (Å²) in [6, 6.07) is 0.531. The van der Waals surface area contributed by atoms with E-state index >= 15 is 0 Å². The molecule has 2 aliphatic rings. The van der Waals surface area contributed by atoms with E-state index in [1.165, 1.54) is 25.7 Å². The Balaban J connectivity index is 1.68. The molecule has 2 N–H and O–H groups in total. The number of nitrogens with one attached hydrogen (secondary N) is 2. The van der Waals surface area contributed by atoms with Crippen LogP contribution in [0.25, 0.3) is 0 Å². The minimum Gasteiger partial charge on any atom is -0.383 e. The van der Waals surface area contributed by atoms with Crippen LogP contribution < -0.4 is 10.6 Å². The second-order valence-electron chi connectivity index (χ2n) is 6.22. The predicted molar refractivity (Wildman–Crippen MR) is 82.2 cm³/mol. The second kappa shape index (κ2) is 8.11. The Kier molecular flexibility index (Phi) is 6.45. The molecular weight excluding hydrogens is 268 g/mol. The summed E-state index contributed by atoms with van der Waals surface area (Å²) in [5, 5.41) is 6.44. The van der Waals surface area contributed by atoms with Gasteiger partial charge in [-0.25, -0.2) is 0 Å². The molecule has 0 saturated heterocycles. The van der Waals surface area contributed by atoms with Crippen LogP contribution in [0.1, 0.15) is 45.4 Å². The summed E-state index contributed by atoms with van der Waals surface area (Å²) in [6.45, 7) is 4.80. The highest BCUT2D eigenvalue weighted by Gasteiger charge is 2.56. The van der Waals surface area contributed by atoms with E-state index in [1.807, 2.05) is 0 Å². The topological polar surface area (TPSA) is 59.6 Å². The fourth-order valence-corrected chi connectivity index (χ4v) is 3.91. The average Bonchev–Trinajstić information content (AvgIpc) is 2.98. The third-order valence-corrected chi connectivity index (χ3v) is 5.06. The Hall–Kier alpha value is -0.650. The molecule has 1 spiro atoms. The van der Waals surface area contributed by atoms with E-state index in [0.717, 1.165) is 19.6 Å². The monoisotopic (exact) mass is 298 g/mol. The largest absolute Gasteiger partial charge is 0.383 e. The van der Waals surface area contributed by atoms with E-state index in [1.54, 1.807) is 7.11 Å². The van der Waals surface area contributed by atoms with Crippen LogP contribution in [-0.4, -0.2) is 51.5 Å². The van der Waals surface area contributed by atoms with Crippen molar-refractivity contribution >= 4 is 5.91 Å². The first-order valence-corrected chi connectivity index (χ1v) is 8.33. The molecule has 0 heterocycles. The predicted octanol–water partition coefficient (Wildman–Crippen LogP) is 1.47. The number of carbonyl (C=O) groups is 1. The van der Waals surface area contributed by atoms with Gasteiger partial charge < -0.3 is 20.1 Å². The van der Waals surface area contributed by atoms with Gasteiger partial charge in [-0.2, -0.15) is 0 Å². The van der Waals surface area contributed by atoms with Crippen LogP contribution in [-0.2, 0) is 14.3 Å². The fourth-order valence-electron chi connectivity index (χ4n) is 3.91. The lowest BCUT2D eigenvalue weighted by Crippen LogP contribution is -2.62. The molecule has 5 heteroatoms. The van der Waals surface area contributed by atoms with Gasteiger partial charge in [0.15, 0.2) is 0 Å². The van der Waals surface area contributed by atoms with Crippen molar-refractivity contribution in [3.05, 3.63) is 0 Å². The number of methoxy groups -OCH3 is 1. The highest BCUT2D eigenvalue weighted by atomic mass is 16.5. The lowest BCUT2D eigenvalue weighted by atomic mass is 9.60. The Morgan fingerprint density at radius 2 is 2.05 bits per heavy atom. The van der Waals surface area contributed by atoms with Gasteiger partial charge in [0, 0.05) is 44.7 Å². The third kappa shape index (κ3) is 3.96. The van der Waals surface area contributed by atoms with Crippen molar-refractivity contribution in [2.75, 3.05) is 33.4 Å². The number of rotatable bonds is 9. The van der Waals surface area contributed by atoms with E-state index in [4.69, 9.17) is 9.47 Å². The molecule has 1 amide bonds. The lowest BCUT2D eigenvalue weighted by molar-refractivity contribution is -0.131. The zero-order chi connectivity index (χ0) is 15.1. The molecule has 0 bridgehead atoms. The van der Waals surface area contributed by atoms with Crippen LogP contribution in [0.4, 0.5) is 0 Å². The van der Waals surface area contributed by atoms with Crippen molar-refractivity contribution in [2.24, 2.45) is 5.41 Å². The molecule has 122 valence electrons. The van der Waals surface area contributed by atoms with Gasteiger partial charge in [0.2, 0.25) is 5.91 Å². The van der Waals surface area contributed by atoms with Gasteiger partial charge in [-0.05, 0) is 26.2 Å². The first-order chi connectivity index (χ1) is 10.2. The van der Waals surface area contributed by atoms with Crippen LogP contribution in [0.5, 0.6) is 0 Å². The number of hydrogen-bond donors (Lipinski definition) is 2. The molecule has 0 aromatic heterocycles. The molecule has 0 aliphatic heterocycles. The summed E-state index contributed by atoms with van der Waals surface area (Å²) < 4.78 is 10.8. The average molecular weight is 298 g/mol. The highest BCUT2D eigenvalue weighted by molar-refractivity contribution is 5.76. The summed E-state index contributed by atoms with van der Waals surface area (Å²) >= 11 is 0. The number of carbonyl (C=O) groups excluding carboxylic acids is 1. The van der Waals surface area contributed by atoms with E-state index in [0.29, 0.717) is 37.1 Å². The normalized spacial score (nSPS) is 26.8. The van der Waals surface area contributed by atoms with Gasteiger partial charge >= 0.3 is 0 Å². The maximum atomic E-state index is 11.7. The van der Waals surface area contributed by atoms with Crippen LogP contribution in [0.3, 0.4) is 0 Å². The van der Waals surface area contributed by atoms with Crippen LogP contribution in [0, 0.1) is 5.41 Å². The molecule has 2 aliphatic carbocycles. The minimum absolute atomic E-state index is 0.0979. The lowest BCUT2D eigenvalue weighted by Gasteiger charge is -2.54.